The number of methoxy groups -OCH3 is 2. The fourth-order valence-electron chi connectivity index (χ4n) is 10.1. The molecule has 10 atom stereocenters. The van der Waals surface area contributed by atoms with Gasteiger partial charge in [-0.2, -0.15) is 0 Å². The molecule has 20 nitrogen and oxygen atoms in total. The standard InChI is InChI=1S/C52H75N7O13/c1-12-32(6)47(38(71-10)28-44(65)57-26-16-19-37(57)48(72-11)33(7)49(66)53-36(52(69)70)27-34-17-14-13-15-18-34)56(9)51(68)45(30(2)3)54-50(67)46(31(4)5)55(8)39(60)21-20-35(59-42(63)24-25-43(59)64)29-58-40(61)22-23-41(58)62/h13-15,17-18,22-25,30-33,35-38,45-48H,12,16,19-21,26-29H2,1-11H3,(H,53,66)(H,54,67)(H,69,70)/t32-,33+,35?,36-,37-,38+,45-,46-,47-,48+/m0/s1. The molecule has 1 fully saturated rings. The van der Waals surface area contributed by atoms with Crippen LogP contribution in [0.25, 0.3) is 0 Å². The van der Waals surface area contributed by atoms with Crippen molar-refractivity contribution in [1.29, 1.82) is 0 Å². The summed E-state index contributed by atoms with van der Waals surface area (Å²) < 4.78 is 11.9. The summed E-state index contributed by atoms with van der Waals surface area (Å²) in [6.45, 7) is 12.7. The summed E-state index contributed by atoms with van der Waals surface area (Å²) in [6, 6.07) is 3.45. The molecule has 3 heterocycles. The molecule has 0 spiro atoms. The van der Waals surface area contributed by atoms with Crippen molar-refractivity contribution < 1.29 is 62.5 Å². The third-order valence-corrected chi connectivity index (χ3v) is 14.3. The molecule has 1 unspecified atom stereocenters. The Hall–Kier alpha value is -6.28. The highest BCUT2D eigenvalue weighted by atomic mass is 16.5. The maximum absolute atomic E-state index is 14.7. The third-order valence-electron chi connectivity index (χ3n) is 14.3. The first-order valence-electron chi connectivity index (χ1n) is 24.8. The number of amides is 9. The zero-order valence-corrected chi connectivity index (χ0v) is 43.6. The van der Waals surface area contributed by atoms with Crippen molar-refractivity contribution in [3.05, 3.63) is 60.2 Å². The van der Waals surface area contributed by atoms with E-state index in [9.17, 15) is 53.1 Å². The first-order valence-corrected chi connectivity index (χ1v) is 24.8. The van der Waals surface area contributed by atoms with E-state index in [1.807, 2.05) is 19.9 Å². The van der Waals surface area contributed by atoms with Gasteiger partial charge in [-0.1, -0.05) is 85.2 Å². The number of nitrogens with one attached hydrogen (secondary N) is 2. The SMILES string of the molecule is CC[C@H](C)[C@@H]([C@@H](CC(=O)N1CCC[C@H]1[C@H](OC)[C@@H](C)C(=O)N[C@@H](Cc1ccccc1)C(=O)O)OC)N(C)C(=O)[C@@H](NC(=O)[C@H](C(C)C)N(C)C(=O)CCC(CN1C(=O)C=CC1=O)N1C(=O)C=CC1=O)C(C)C. The van der Waals surface area contributed by atoms with E-state index >= 15 is 0 Å². The van der Waals surface area contributed by atoms with Gasteiger partial charge in [0.15, 0.2) is 0 Å². The number of nitrogens with zero attached hydrogens (tertiary/aromatic N) is 5. The molecule has 0 aliphatic carbocycles. The van der Waals surface area contributed by atoms with Gasteiger partial charge in [0.1, 0.15) is 18.1 Å². The third kappa shape index (κ3) is 14.2. The van der Waals surface area contributed by atoms with Crippen LogP contribution in [0.5, 0.6) is 0 Å². The number of rotatable bonds is 27. The fraction of sp³-hybridized carbons (Fsp3) is 0.615. The molecular formula is C52H75N7O13. The van der Waals surface area contributed by atoms with Gasteiger partial charge in [-0.3, -0.25) is 53.0 Å². The summed E-state index contributed by atoms with van der Waals surface area (Å²) in [5, 5.41) is 15.5. The molecule has 72 heavy (non-hydrogen) atoms. The van der Waals surface area contributed by atoms with E-state index in [1.54, 1.807) is 70.8 Å². The van der Waals surface area contributed by atoms with Crippen molar-refractivity contribution in [2.24, 2.45) is 23.7 Å². The highest BCUT2D eigenvalue weighted by molar-refractivity contribution is 6.14. The largest absolute Gasteiger partial charge is 0.480 e. The number of hydrogen-bond donors (Lipinski definition) is 3. The number of carbonyl (C=O) groups excluding carboxylic acids is 9. The molecule has 0 bridgehead atoms. The summed E-state index contributed by atoms with van der Waals surface area (Å²) in [6.07, 6.45) is 4.07. The molecule has 9 amide bonds. The van der Waals surface area contributed by atoms with E-state index in [0.717, 1.165) is 39.7 Å². The second kappa shape index (κ2) is 26.4. The van der Waals surface area contributed by atoms with Gasteiger partial charge in [0, 0.05) is 72.0 Å². The Balaban J connectivity index is 1.47. The number of aliphatic carboxylic acids is 1. The lowest BCUT2D eigenvalue weighted by Crippen LogP contribution is -2.60. The number of carboxylic acid groups (broad SMARTS) is 1. The molecule has 20 heteroatoms. The maximum atomic E-state index is 14.7. The number of benzene rings is 1. The van der Waals surface area contributed by atoms with Gasteiger partial charge < -0.3 is 39.9 Å². The number of hydrogen-bond acceptors (Lipinski definition) is 12. The number of likely N-dealkylation sites (N-methyl/N-ethyl adjacent to an activating group) is 2. The van der Waals surface area contributed by atoms with Gasteiger partial charge >= 0.3 is 5.97 Å². The van der Waals surface area contributed by atoms with E-state index in [0.29, 0.717) is 25.8 Å². The van der Waals surface area contributed by atoms with Crippen LogP contribution >= 0.6 is 0 Å². The normalized spacial score (nSPS) is 19.5. The summed E-state index contributed by atoms with van der Waals surface area (Å²) >= 11 is 0. The topological polar surface area (TPSA) is 250 Å². The van der Waals surface area contributed by atoms with Crippen LogP contribution < -0.4 is 10.6 Å². The fourth-order valence-corrected chi connectivity index (χ4v) is 10.1. The number of carbonyl (C=O) groups is 10. The predicted molar refractivity (Wildman–Crippen MR) is 264 cm³/mol. The lowest BCUT2D eigenvalue weighted by Gasteiger charge is -2.41. The number of carboxylic acids is 1. The Bertz CT molecular complexity index is 2180. The molecule has 3 aliphatic heterocycles. The van der Waals surface area contributed by atoms with E-state index in [-0.39, 0.29) is 44.1 Å². The van der Waals surface area contributed by atoms with E-state index in [2.05, 4.69) is 10.6 Å². The Morgan fingerprint density at radius 1 is 0.792 bits per heavy atom. The average Bonchev–Trinajstić information content (AvgIpc) is 4.05. The van der Waals surface area contributed by atoms with Gasteiger partial charge in [0.25, 0.3) is 23.6 Å². The van der Waals surface area contributed by atoms with Crippen molar-refractivity contribution in [2.45, 2.75) is 142 Å². The Kier molecular flexibility index (Phi) is 21.4. The van der Waals surface area contributed by atoms with Crippen LogP contribution in [-0.2, 0) is 63.8 Å². The predicted octanol–water partition coefficient (Wildman–Crippen LogP) is 2.34. The smallest absolute Gasteiger partial charge is 0.326 e. The first-order chi connectivity index (χ1) is 34.0. The molecule has 0 saturated carbocycles. The van der Waals surface area contributed by atoms with Crippen LogP contribution in [-0.4, -0.2) is 179 Å². The van der Waals surface area contributed by atoms with Crippen LogP contribution in [0.15, 0.2) is 54.6 Å². The van der Waals surface area contributed by atoms with E-state index < -0.39 is 119 Å². The second-order valence-corrected chi connectivity index (χ2v) is 19.8. The highest BCUT2D eigenvalue weighted by Gasteiger charge is 2.44. The van der Waals surface area contributed by atoms with E-state index in [4.69, 9.17) is 9.47 Å². The number of ether oxygens (including phenoxy) is 2. The molecule has 3 N–H and O–H groups in total. The van der Waals surface area contributed by atoms with Crippen molar-refractivity contribution in [3.63, 3.8) is 0 Å². The van der Waals surface area contributed by atoms with Crippen molar-refractivity contribution in [1.82, 2.24) is 35.1 Å². The van der Waals surface area contributed by atoms with Crippen LogP contribution in [0.3, 0.4) is 0 Å². The minimum Gasteiger partial charge on any atom is -0.480 e. The maximum Gasteiger partial charge on any atom is 0.326 e. The molecule has 1 saturated heterocycles. The number of imide groups is 2. The Morgan fingerprint density at radius 2 is 1.39 bits per heavy atom. The molecule has 0 radical (unpaired) electrons. The van der Waals surface area contributed by atoms with Crippen LogP contribution in [0.1, 0.15) is 92.6 Å². The first kappa shape index (κ1) is 58.3. The Morgan fingerprint density at radius 3 is 1.92 bits per heavy atom. The second-order valence-electron chi connectivity index (χ2n) is 19.8. The average molecular weight is 1010 g/mol. The van der Waals surface area contributed by atoms with Gasteiger partial charge in [0.05, 0.1) is 49.2 Å². The summed E-state index contributed by atoms with van der Waals surface area (Å²) in [7, 11) is 5.98. The van der Waals surface area contributed by atoms with E-state index in [1.165, 1.54) is 31.1 Å². The van der Waals surface area contributed by atoms with Crippen molar-refractivity contribution in [3.8, 4) is 0 Å². The monoisotopic (exact) mass is 1010 g/mol. The van der Waals surface area contributed by atoms with Gasteiger partial charge in [-0.05, 0) is 42.6 Å². The summed E-state index contributed by atoms with van der Waals surface area (Å²) in [4.78, 5) is 139. The van der Waals surface area contributed by atoms with Crippen LogP contribution in [0.2, 0.25) is 0 Å². The van der Waals surface area contributed by atoms with Crippen LogP contribution in [0.4, 0.5) is 0 Å². The highest BCUT2D eigenvalue weighted by Crippen LogP contribution is 2.30. The summed E-state index contributed by atoms with van der Waals surface area (Å²) in [5.74, 6) is -7.99. The molecule has 1 aromatic carbocycles. The summed E-state index contributed by atoms with van der Waals surface area (Å²) in [5.41, 5.74) is 0.745. The van der Waals surface area contributed by atoms with Crippen molar-refractivity contribution in [2.75, 3.05) is 41.4 Å². The van der Waals surface area contributed by atoms with Gasteiger partial charge in [-0.25, -0.2) is 4.79 Å². The molecular weight excluding hydrogens is 931 g/mol. The number of likely N-dealkylation sites (tertiary alicyclic amines) is 1. The lowest BCUT2D eigenvalue weighted by molar-refractivity contribution is -0.149. The van der Waals surface area contributed by atoms with Gasteiger partial charge in [0.2, 0.25) is 29.5 Å². The molecule has 1 aromatic rings. The zero-order valence-electron chi connectivity index (χ0n) is 43.6. The minimum atomic E-state index is -1.18. The molecule has 4 rings (SSSR count). The minimum absolute atomic E-state index is 0.0826. The van der Waals surface area contributed by atoms with Crippen LogP contribution in [0, 0.1) is 23.7 Å². The van der Waals surface area contributed by atoms with Crippen molar-refractivity contribution >= 4 is 59.1 Å². The zero-order chi connectivity index (χ0) is 53.7. The lowest BCUT2D eigenvalue weighted by atomic mass is 9.89. The quantitative estimate of drug-likeness (QED) is 0.107. The molecule has 396 valence electrons. The molecule has 0 aromatic heterocycles. The van der Waals surface area contributed by atoms with Gasteiger partial charge in [-0.15, -0.1) is 0 Å². The Labute approximate surface area is 422 Å². The molecule has 3 aliphatic rings.